The summed E-state index contributed by atoms with van der Waals surface area (Å²) in [5, 5.41) is 3.78. The molecular formula is C15H31NOS. The number of nitrogens with one attached hydrogen (secondary N) is 1. The molecule has 0 aromatic heterocycles. The predicted octanol–water partition coefficient (Wildman–Crippen LogP) is 3.34. The average Bonchev–Trinajstić information content (AvgIpc) is 2.36. The Hall–Kier alpha value is 0.110. The molecule has 0 heterocycles. The lowest BCUT2D eigenvalue weighted by Crippen LogP contribution is -2.45. The summed E-state index contributed by atoms with van der Waals surface area (Å²) in [4.78, 5) is 0. The molecule has 1 aliphatic rings. The second kappa shape index (κ2) is 8.31. The maximum atomic E-state index is 12.5. The van der Waals surface area contributed by atoms with Gasteiger partial charge >= 0.3 is 0 Å². The highest BCUT2D eigenvalue weighted by Crippen LogP contribution is 2.31. The number of rotatable bonds is 7. The molecule has 1 rings (SSSR count). The highest BCUT2D eigenvalue weighted by Gasteiger charge is 2.32. The maximum Gasteiger partial charge on any atom is 0.0503 e. The molecule has 4 atom stereocenters. The van der Waals surface area contributed by atoms with E-state index in [1.807, 2.05) is 7.05 Å². The van der Waals surface area contributed by atoms with E-state index in [1.54, 1.807) is 0 Å². The fraction of sp³-hybridized carbons (Fsp3) is 1.00. The quantitative estimate of drug-likeness (QED) is 0.771. The Morgan fingerprint density at radius 3 is 2.61 bits per heavy atom. The Balaban J connectivity index is 2.53. The third kappa shape index (κ3) is 5.00. The van der Waals surface area contributed by atoms with Gasteiger partial charge in [0.05, 0.1) is 5.25 Å². The van der Waals surface area contributed by atoms with Gasteiger partial charge in [-0.2, -0.15) is 0 Å². The van der Waals surface area contributed by atoms with Gasteiger partial charge in [-0.1, -0.05) is 33.6 Å². The van der Waals surface area contributed by atoms with Crippen LogP contribution < -0.4 is 5.32 Å². The Labute approximate surface area is 116 Å². The van der Waals surface area contributed by atoms with E-state index in [-0.39, 0.29) is 0 Å². The standard InChI is InChI=1S/C15H31NOS/c1-5-6-13-7-8-14(16-4)15(11-13)18(17)10-9-12(2)3/h12-16H,5-11H2,1-4H3. The van der Waals surface area contributed by atoms with E-state index < -0.39 is 10.8 Å². The van der Waals surface area contributed by atoms with Crippen LogP contribution in [-0.4, -0.2) is 28.3 Å². The zero-order valence-corrected chi connectivity index (χ0v) is 13.4. The van der Waals surface area contributed by atoms with Crippen LogP contribution in [0, 0.1) is 11.8 Å². The molecule has 108 valence electrons. The molecule has 1 fully saturated rings. The van der Waals surface area contributed by atoms with E-state index in [1.165, 1.54) is 32.1 Å². The summed E-state index contributed by atoms with van der Waals surface area (Å²) in [5.41, 5.74) is 0. The maximum absolute atomic E-state index is 12.5. The lowest BCUT2D eigenvalue weighted by molar-refractivity contribution is 0.292. The normalized spacial score (nSPS) is 30.6. The first-order chi connectivity index (χ1) is 8.58. The molecule has 0 saturated heterocycles. The van der Waals surface area contributed by atoms with E-state index in [2.05, 4.69) is 26.1 Å². The fourth-order valence-corrected chi connectivity index (χ4v) is 5.14. The van der Waals surface area contributed by atoms with E-state index in [0.717, 1.165) is 18.1 Å². The van der Waals surface area contributed by atoms with Gasteiger partial charge in [0.15, 0.2) is 0 Å². The number of hydrogen-bond donors (Lipinski definition) is 1. The summed E-state index contributed by atoms with van der Waals surface area (Å²) >= 11 is 0. The molecule has 0 spiro atoms. The smallest absolute Gasteiger partial charge is 0.0503 e. The first-order valence-electron chi connectivity index (χ1n) is 7.62. The first kappa shape index (κ1) is 16.2. The molecule has 0 aromatic rings. The van der Waals surface area contributed by atoms with Gasteiger partial charge in [-0.25, -0.2) is 0 Å². The molecular weight excluding hydrogens is 242 g/mol. The Kier molecular flexibility index (Phi) is 7.47. The Morgan fingerprint density at radius 2 is 2.06 bits per heavy atom. The van der Waals surface area contributed by atoms with E-state index in [4.69, 9.17) is 0 Å². The van der Waals surface area contributed by atoms with Crippen LogP contribution in [0.5, 0.6) is 0 Å². The summed E-state index contributed by atoms with van der Waals surface area (Å²) in [6.45, 7) is 6.69. The highest BCUT2D eigenvalue weighted by molar-refractivity contribution is 7.85. The minimum Gasteiger partial charge on any atom is -0.316 e. The molecule has 18 heavy (non-hydrogen) atoms. The van der Waals surface area contributed by atoms with Crippen LogP contribution in [0.2, 0.25) is 0 Å². The van der Waals surface area contributed by atoms with Crippen LogP contribution >= 0.6 is 0 Å². The van der Waals surface area contributed by atoms with E-state index in [9.17, 15) is 4.21 Å². The van der Waals surface area contributed by atoms with Gasteiger partial charge in [-0.15, -0.1) is 0 Å². The SMILES string of the molecule is CCCC1CCC(NC)C(S(=O)CCC(C)C)C1. The lowest BCUT2D eigenvalue weighted by atomic mass is 9.83. The second-order valence-electron chi connectivity index (χ2n) is 6.17. The third-order valence-electron chi connectivity index (χ3n) is 4.20. The molecule has 0 aliphatic heterocycles. The second-order valence-corrected chi connectivity index (χ2v) is 7.94. The van der Waals surface area contributed by atoms with Crippen molar-refractivity contribution in [3.8, 4) is 0 Å². The third-order valence-corrected chi connectivity index (χ3v) is 6.04. The van der Waals surface area contributed by atoms with Gasteiger partial charge < -0.3 is 5.32 Å². The molecule has 2 nitrogen and oxygen atoms in total. The molecule has 1 N–H and O–H groups in total. The molecule has 0 aromatic carbocycles. The fourth-order valence-electron chi connectivity index (χ4n) is 3.01. The van der Waals surface area contributed by atoms with Gasteiger partial charge in [0.25, 0.3) is 0 Å². The van der Waals surface area contributed by atoms with Crippen molar-refractivity contribution < 1.29 is 4.21 Å². The zero-order valence-electron chi connectivity index (χ0n) is 12.6. The molecule has 0 amide bonds. The molecule has 4 unspecified atom stereocenters. The van der Waals surface area contributed by atoms with Gasteiger partial charge in [-0.05, 0) is 44.6 Å². The van der Waals surface area contributed by atoms with Crippen molar-refractivity contribution in [2.45, 2.75) is 70.6 Å². The topological polar surface area (TPSA) is 29.1 Å². The van der Waals surface area contributed by atoms with E-state index >= 15 is 0 Å². The van der Waals surface area contributed by atoms with Crippen molar-refractivity contribution in [1.29, 1.82) is 0 Å². The Morgan fingerprint density at radius 1 is 1.33 bits per heavy atom. The van der Waals surface area contributed by atoms with Crippen LogP contribution in [0.15, 0.2) is 0 Å². The van der Waals surface area contributed by atoms with Crippen molar-refractivity contribution in [3.05, 3.63) is 0 Å². The Bertz CT molecular complexity index is 255. The molecule has 0 bridgehead atoms. The molecule has 0 radical (unpaired) electrons. The van der Waals surface area contributed by atoms with Crippen LogP contribution in [0.1, 0.15) is 59.3 Å². The monoisotopic (exact) mass is 273 g/mol. The summed E-state index contributed by atoms with van der Waals surface area (Å²) in [6, 6.07) is 0.478. The summed E-state index contributed by atoms with van der Waals surface area (Å²) < 4.78 is 12.5. The number of hydrogen-bond acceptors (Lipinski definition) is 2. The van der Waals surface area contributed by atoms with Gasteiger partial charge in [0.1, 0.15) is 0 Å². The zero-order chi connectivity index (χ0) is 13.5. The van der Waals surface area contributed by atoms with Crippen molar-refractivity contribution in [3.63, 3.8) is 0 Å². The molecule has 1 saturated carbocycles. The van der Waals surface area contributed by atoms with E-state index in [0.29, 0.717) is 17.2 Å². The molecule has 3 heteroatoms. The van der Waals surface area contributed by atoms with Gasteiger partial charge in [-0.3, -0.25) is 4.21 Å². The highest BCUT2D eigenvalue weighted by atomic mass is 32.2. The van der Waals surface area contributed by atoms with Gasteiger partial charge in [0.2, 0.25) is 0 Å². The molecule has 1 aliphatic carbocycles. The minimum atomic E-state index is -0.644. The lowest BCUT2D eigenvalue weighted by Gasteiger charge is -2.35. The summed E-state index contributed by atoms with van der Waals surface area (Å²) in [6.07, 6.45) is 7.37. The van der Waals surface area contributed by atoms with Crippen molar-refractivity contribution in [2.75, 3.05) is 12.8 Å². The van der Waals surface area contributed by atoms with Crippen molar-refractivity contribution in [1.82, 2.24) is 5.32 Å². The van der Waals surface area contributed by atoms with Crippen LogP contribution in [0.3, 0.4) is 0 Å². The average molecular weight is 273 g/mol. The summed E-state index contributed by atoms with van der Waals surface area (Å²) in [7, 11) is 1.38. The first-order valence-corrected chi connectivity index (χ1v) is 9.01. The largest absolute Gasteiger partial charge is 0.316 e. The predicted molar refractivity (Wildman–Crippen MR) is 81.3 cm³/mol. The van der Waals surface area contributed by atoms with Crippen LogP contribution in [0.25, 0.3) is 0 Å². The van der Waals surface area contributed by atoms with Crippen LogP contribution in [0.4, 0.5) is 0 Å². The van der Waals surface area contributed by atoms with Crippen LogP contribution in [-0.2, 0) is 10.8 Å². The van der Waals surface area contributed by atoms with Crippen molar-refractivity contribution >= 4 is 10.8 Å². The minimum absolute atomic E-state index is 0.388. The van der Waals surface area contributed by atoms with Gasteiger partial charge in [0, 0.05) is 22.6 Å². The van der Waals surface area contributed by atoms with Crippen molar-refractivity contribution in [2.24, 2.45) is 11.8 Å². The summed E-state index contributed by atoms with van der Waals surface area (Å²) in [5.74, 6) is 2.36.